The minimum Gasteiger partial charge on any atom is -0.480 e. The molecule has 4 nitrogen and oxygen atoms in total. The molecule has 22 heavy (non-hydrogen) atoms. The van der Waals surface area contributed by atoms with E-state index in [9.17, 15) is 14.7 Å². The van der Waals surface area contributed by atoms with E-state index >= 15 is 0 Å². The van der Waals surface area contributed by atoms with Crippen molar-refractivity contribution in [2.24, 2.45) is 5.92 Å². The number of aliphatic carboxylic acids is 1. The molecule has 1 amide bonds. The Labute approximate surface area is 140 Å². The Bertz CT molecular complexity index is 499. The maximum atomic E-state index is 12.5. The predicted octanol–water partition coefficient (Wildman–Crippen LogP) is 4.08. The van der Waals surface area contributed by atoms with Crippen LogP contribution in [0.5, 0.6) is 0 Å². The van der Waals surface area contributed by atoms with Crippen LogP contribution in [0.1, 0.15) is 45.6 Å². The molecule has 0 heterocycles. The molecule has 5 heteroatoms. The third-order valence-corrected chi connectivity index (χ3v) is 4.08. The summed E-state index contributed by atoms with van der Waals surface area (Å²) in [5, 5.41) is 9.51. The van der Waals surface area contributed by atoms with Crippen molar-refractivity contribution in [1.82, 2.24) is 4.90 Å². The molecule has 0 radical (unpaired) electrons. The standard InChI is InChI=1S/C17H24BrNO3/c1-4-5-6-15(20)19(16(12(2)3)17(21)22)11-13-7-9-14(18)10-8-13/h7-10,12,16H,4-6,11H2,1-3H3,(H,21,22). The second kappa shape index (κ2) is 8.93. The maximum absolute atomic E-state index is 12.5. The molecule has 0 bridgehead atoms. The number of rotatable bonds is 8. The van der Waals surface area contributed by atoms with E-state index < -0.39 is 12.0 Å². The van der Waals surface area contributed by atoms with Gasteiger partial charge in [0.15, 0.2) is 0 Å². The lowest BCUT2D eigenvalue weighted by atomic mass is 10.0. The van der Waals surface area contributed by atoms with E-state index in [0.717, 1.165) is 22.9 Å². The smallest absolute Gasteiger partial charge is 0.326 e. The summed E-state index contributed by atoms with van der Waals surface area (Å²) in [4.78, 5) is 25.6. The Kier molecular flexibility index (Phi) is 7.59. The van der Waals surface area contributed by atoms with Gasteiger partial charge in [0.05, 0.1) is 0 Å². The molecule has 0 aromatic heterocycles. The fourth-order valence-electron chi connectivity index (χ4n) is 2.38. The molecule has 1 N–H and O–H groups in total. The number of amides is 1. The molecule has 0 aliphatic carbocycles. The molecular formula is C17H24BrNO3. The summed E-state index contributed by atoms with van der Waals surface area (Å²) in [5.74, 6) is -1.18. The van der Waals surface area contributed by atoms with Gasteiger partial charge in [-0.2, -0.15) is 0 Å². The summed E-state index contributed by atoms with van der Waals surface area (Å²) < 4.78 is 0.957. The Balaban J connectivity index is 3.01. The number of unbranched alkanes of at least 4 members (excludes halogenated alkanes) is 1. The molecule has 0 fully saturated rings. The van der Waals surface area contributed by atoms with Crippen LogP contribution in [-0.4, -0.2) is 27.9 Å². The Hall–Kier alpha value is -1.36. The van der Waals surface area contributed by atoms with Crippen LogP contribution in [0.2, 0.25) is 0 Å². The molecule has 0 aliphatic rings. The summed E-state index contributed by atoms with van der Waals surface area (Å²) in [7, 11) is 0. The van der Waals surface area contributed by atoms with E-state index in [1.807, 2.05) is 45.0 Å². The molecule has 1 aromatic rings. The summed E-state index contributed by atoms with van der Waals surface area (Å²) in [6.07, 6.45) is 2.08. The van der Waals surface area contributed by atoms with E-state index in [0.29, 0.717) is 13.0 Å². The second-order valence-electron chi connectivity index (χ2n) is 5.78. The van der Waals surface area contributed by atoms with Gasteiger partial charge in [0.1, 0.15) is 6.04 Å². The quantitative estimate of drug-likeness (QED) is 0.750. The number of carboxylic acids is 1. The molecular weight excluding hydrogens is 346 g/mol. The Morgan fingerprint density at radius 2 is 1.82 bits per heavy atom. The zero-order valence-corrected chi connectivity index (χ0v) is 15.0. The van der Waals surface area contributed by atoms with Gasteiger partial charge in [-0.25, -0.2) is 4.79 Å². The van der Waals surface area contributed by atoms with Gasteiger partial charge in [0, 0.05) is 17.4 Å². The van der Waals surface area contributed by atoms with Gasteiger partial charge in [-0.05, 0) is 30.0 Å². The van der Waals surface area contributed by atoms with E-state index in [1.165, 1.54) is 4.90 Å². The van der Waals surface area contributed by atoms with E-state index in [1.54, 1.807) is 0 Å². The van der Waals surface area contributed by atoms with Gasteiger partial charge >= 0.3 is 5.97 Å². The molecule has 1 unspecified atom stereocenters. The van der Waals surface area contributed by atoms with Crippen LogP contribution in [0.3, 0.4) is 0 Å². The molecule has 0 saturated carbocycles. The molecule has 1 aromatic carbocycles. The third kappa shape index (κ3) is 5.44. The van der Waals surface area contributed by atoms with Crippen molar-refractivity contribution in [3.63, 3.8) is 0 Å². The fraction of sp³-hybridized carbons (Fsp3) is 0.529. The van der Waals surface area contributed by atoms with Gasteiger partial charge in [0.25, 0.3) is 0 Å². The van der Waals surface area contributed by atoms with Crippen molar-refractivity contribution < 1.29 is 14.7 Å². The van der Waals surface area contributed by atoms with Crippen molar-refractivity contribution in [2.45, 2.75) is 52.6 Å². The average molecular weight is 370 g/mol. The van der Waals surface area contributed by atoms with Crippen molar-refractivity contribution >= 4 is 27.8 Å². The van der Waals surface area contributed by atoms with Crippen LogP contribution in [-0.2, 0) is 16.1 Å². The van der Waals surface area contributed by atoms with E-state index in [2.05, 4.69) is 15.9 Å². The van der Waals surface area contributed by atoms with Gasteiger partial charge in [-0.1, -0.05) is 55.3 Å². The van der Waals surface area contributed by atoms with Gasteiger partial charge < -0.3 is 10.0 Å². The topological polar surface area (TPSA) is 57.6 Å². The molecule has 122 valence electrons. The third-order valence-electron chi connectivity index (χ3n) is 3.55. The number of carbonyl (C=O) groups excluding carboxylic acids is 1. The highest BCUT2D eigenvalue weighted by molar-refractivity contribution is 9.10. The minimum atomic E-state index is -0.947. The second-order valence-corrected chi connectivity index (χ2v) is 6.69. The lowest BCUT2D eigenvalue weighted by molar-refractivity contribution is -0.153. The van der Waals surface area contributed by atoms with Crippen LogP contribution < -0.4 is 0 Å². The van der Waals surface area contributed by atoms with Crippen molar-refractivity contribution in [1.29, 1.82) is 0 Å². The number of hydrogen-bond acceptors (Lipinski definition) is 2. The largest absolute Gasteiger partial charge is 0.480 e. The van der Waals surface area contributed by atoms with Crippen LogP contribution in [0, 0.1) is 5.92 Å². The molecule has 0 saturated heterocycles. The molecule has 1 rings (SSSR count). The average Bonchev–Trinajstić information content (AvgIpc) is 2.45. The van der Waals surface area contributed by atoms with Crippen molar-refractivity contribution in [3.8, 4) is 0 Å². The number of nitrogens with zero attached hydrogens (tertiary/aromatic N) is 1. The summed E-state index contributed by atoms with van der Waals surface area (Å²) in [5.41, 5.74) is 0.931. The van der Waals surface area contributed by atoms with Crippen LogP contribution in [0.15, 0.2) is 28.7 Å². The highest BCUT2D eigenvalue weighted by Crippen LogP contribution is 2.19. The zero-order chi connectivity index (χ0) is 16.7. The number of hydrogen-bond donors (Lipinski definition) is 1. The lowest BCUT2D eigenvalue weighted by Gasteiger charge is -2.31. The van der Waals surface area contributed by atoms with Crippen LogP contribution in [0.25, 0.3) is 0 Å². The highest BCUT2D eigenvalue weighted by atomic mass is 79.9. The number of carbonyl (C=O) groups is 2. The Morgan fingerprint density at radius 1 is 1.23 bits per heavy atom. The van der Waals surface area contributed by atoms with Crippen molar-refractivity contribution in [3.05, 3.63) is 34.3 Å². The maximum Gasteiger partial charge on any atom is 0.326 e. The summed E-state index contributed by atoms with van der Waals surface area (Å²) in [6.45, 7) is 6.01. The summed E-state index contributed by atoms with van der Waals surface area (Å²) in [6, 6.07) is 6.81. The first kappa shape index (κ1) is 18.7. The SMILES string of the molecule is CCCCC(=O)N(Cc1ccc(Br)cc1)C(C(=O)O)C(C)C. The van der Waals surface area contributed by atoms with Gasteiger partial charge in [-0.15, -0.1) is 0 Å². The zero-order valence-electron chi connectivity index (χ0n) is 13.4. The van der Waals surface area contributed by atoms with Crippen molar-refractivity contribution in [2.75, 3.05) is 0 Å². The van der Waals surface area contributed by atoms with Gasteiger partial charge in [-0.3, -0.25) is 4.79 Å². The predicted molar refractivity (Wildman–Crippen MR) is 90.5 cm³/mol. The molecule has 1 atom stereocenters. The number of carboxylic acid groups (broad SMARTS) is 1. The first-order valence-electron chi connectivity index (χ1n) is 7.63. The minimum absolute atomic E-state index is 0.0918. The van der Waals surface area contributed by atoms with Crippen LogP contribution in [0.4, 0.5) is 0 Å². The molecule has 0 aliphatic heterocycles. The normalized spacial score (nSPS) is 12.2. The molecule has 0 spiro atoms. The van der Waals surface area contributed by atoms with E-state index in [4.69, 9.17) is 0 Å². The first-order valence-corrected chi connectivity index (χ1v) is 8.42. The van der Waals surface area contributed by atoms with Crippen LogP contribution >= 0.6 is 15.9 Å². The fourth-order valence-corrected chi connectivity index (χ4v) is 2.64. The van der Waals surface area contributed by atoms with E-state index in [-0.39, 0.29) is 11.8 Å². The van der Waals surface area contributed by atoms with Gasteiger partial charge in [0.2, 0.25) is 5.91 Å². The summed E-state index contributed by atoms with van der Waals surface area (Å²) >= 11 is 3.38. The first-order chi connectivity index (χ1) is 10.4. The highest BCUT2D eigenvalue weighted by Gasteiger charge is 2.31. The lowest BCUT2D eigenvalue weighted by Crippen LogP contribution is -2.47. The monoisotopic (exact) mass is 369 g/mol. The number of halogens is 1. The number of benzene rings is 1. The Morgan fingerprint density at radius 3 is 2.27 bits per heavy atom.